The van der Waals surface area contributed by atoms with E-state index in [9.17, 15) is 5.11 Å². The molecule has 1 fully saturated rings. The summed E-state index contributed by atoms with van der Waals surface area (Å²) in [5, 5.41) is 10.8. The first-order valence-corrected chi connectivity index (χ1v) is 7.91. The molecule has 0 saturated carbocycles. The molecule has 3 rings (SSSR count). The Morgan fingerprint density at radius 2 is 2.24 bits per heavy atom. The number of aromatic amines is 1. The van der Waals surface area contributed by atoms with E-state index in [-0.39, 0.29) is 6.10 Å². The molecule has 114 valence electrons. The number of hydrogen-bond acceptors (Lipinski definition) is 3. The minimum Gasteiger partial charge on any atom is -0.494 e. The summed E-state index contributed by atoms with van der Waals surface area (Å²) in [6.45, 7) is 3.78. The Balaban J connectivity index is 1.36. The maximum absolute atomic E-state index is 9.63. The number of ether oxygens (including phenoxy) is 1. The van der Waals surface area contributed by atoms with E-state index in [0.717, 1.165) is 63.2 Å². The maximum Gasteiger partial charge on any atom is 0.121 e. The number of unbranched alkanes of at least 4 members (excludes halogenated alkanes) is 1. The molecule has 2 heterocycles. The van der Waals surface area contributed by atoms with Gasteiger partial charge in [-0.15, -0.1) is 0 Å². The number of benzene rings is 1. The second-order valence-corrected chi connectivity index (χ2v) is 5.88. The molecule has 0 bridgehead atoms. The number of hydrogen-bond donors (Lipinski definition) is 2. The molecule has 4 heteroatoms. The van der Waals surface area contributed by atoms with Gasteiger partial charge in [0, 0.05) is 24.3 Å². The van der Waals surface area contributed by atoms with Crippen molar-refractivity contribution in [2.75, 3.05) is 26.2 Å². The zero-order valence-corrected chi connectivity index (χ0v) is 12.4. The third kappa shape index (κ3) is 3.99. The maximum atomic E-state index is 9.63. The lowest BCUT2D eigenvalue weighted by atomic mass is 10.1. The SMILES string of the molecule is OC1CCCN(CCCCOc2ccc3cc[nH]c3c2)C1. The van der Waals surface area contributed by atoms with Crippen molar-refractivity contribution >= 4 is 10.9 Å². The summed E-state index contributed by atoms with van der Waals surface area (Å²) in [4.78, 5) is 5.56. The average molecular weight is 288 g/mol. The fraction of sp³-hybridized carbons (Fsp3) is 0.529. The molecule has 1 atom stereocenters. The van der Waals surface area contributed by atoms with Crippen molar-refractivity contribution in [3.63, 3.8) is 0 Å². The summed E-state index contributed by atoms with van der Waals surface area (Å²) in [5.41, 5.74) is 1.12. The number of likely N-dealkylation sites (tertiary alicyclic amines) is 1. The quantitative estimate of drug-likeness (QED) is 0.804. The average Bonchev–Trinajstić information content (AvgIpc) is 2.94. The van der Waals surface area contributed by atoms with E-state index in [4.69, 9.17) is 4.74 Å². The lowest BCUT2D eigenvalue weighted by Gasteiger charge is -2.29. The number of aromatic nitrogens is 1. The lowest BCUT2D eigenvalue weighted by molar-refractivity contribution is 0.0693. The number of rotatable bonds is 6. The first-order chi connectivity index (χ1) is 10.3. The number of piperidine rings is 1. The number of nitrogens with one attached hydrogen (secondary N) is 1. The third-order valence-electron chi connectivity index (χ3n) is 4.14. The fourth-order valence-corrected chi connectivity index (χ4v) is 2.98. The van der Waals surface area contributed by atoms with E-state index in [2.05, 4.69) is 28.1 Å². The molecule has 1 saturated heterocycles. The van der Waals surface area contributed by atoms with Crippen LogP contribution in [0.2, 0.25) is 0 Å². The predicted molar refractivity (Wildman–Crippen MR) is 84.7 cm³/mol. The van der Waals surface area contributed by atoms with E-state index in [1.807, 2.05) is 12.3 Å². The highest BCUT2D eigenvalue weighted by Gasteiger charge is 2.16. The summed E-state index contributed by atoms with van der Waals surface area (Å²) in [6, 6.07) is 8.22. The van der Waals surface area contributed by atoms with E-state index in [1.54, 1.807) is 0 Å². The summed E-state index contributed by atoms with van der Waals surface area (Å²) >= 11 is 0. The molecule has 4 nitrogen and oxygen atoms in total. The van der Waals surface area contributed by atoms with Gasteiger partial charge in [-0.2, -0.15) is 0 Å². The Bertz CT molecular complexity index is 567. The number of β-amino-alcohol motifs (C(OH)–C–C–N with tert-alkyl or cyclic N) is 1. The minimum atomic E-state index is -0.123. The molecule has 2 aromatic rings. The van der Waals surface area contributed by atoms with Crippen LogP contribution in [0.3, 0.4) is 0 Å². The first kappa shape index (κ1) is 14.4. The van der Waals surface area contributed by atoms with Crippen molar-refractivity contribution in [1.82, 2.24) is 9.88 Å². The second-order valence-electron chi connectivity index (χ2n) is 5.88. The number of fused-ring (bicyclic) bond motifs is 1. The monoisotopic (exact) mass is 288 g/mol. The topological polar surface area (TPSA) is 48.5 Å². The normalized spacial score (nSPS) is 20.0. The molecule has 1 aromatic carbocycles. The summed E-state index contributed by atoms with van der Waals surface area (Å²) in [6.07, 6.45) is 6.07. The highest BCUT2D eigenvalue weighted by Crippen LogP contribution is 2.19. The number of aliphatic hydroxyl groups excluding tert-OH is 1. The van der Waals surface area contributed by atoms with Crippen LogP contribution < -0.4 is 4.74 Å². The highest BCUT2D eigenvalue weighted by molar-refractivity contribution is 5.80. The van der Waals surface area contributed by atoms with Crippen LogP contribution in [-0.2, 0) is 0 Å². The van der Waals surface area contributed by atoms with Crippen LogP contribution in [-0.4, -0.2) is 47.3 Å². The van der Waals surface area contributed by atoms with E-state index in [1.165, 1.54) is 5.39 Å². The van der Waals surface area contributed by atoms with Crippen molar-refractivity contribution in [3.05, 3.63) is 30.5 Å². The molecule has 2 N–H and O–H groups in total. The van der Waals surface area contributed by atoms with Crippen LogP contribution in [0, 0.1) is 0 Å². The second kappa shape index (κ2) is 6.96. The summed E-state index contributed by atoms with van der Waals surface area (Å²) < 4.78 is 5.81. The minimum absolute atomic E-state index is 0.123. The Morgan fingerprint density at radius 1 is 1.29 bits per heavy atom. The largest absolute Gasteiger partial charge is 0.494 e. The van der Waals surface area contributed by atoms with Gasteiger partial charge < -0.3 is 19.7 Å². The van der Waals surface area contributed by atoms with Crippen LogP contribution in [0.4, 0.5) is 0 Å². The number of aliphatic hydroxyl groups is 1. The van der Waals surface area contributed by atoms with Gasteiger partial charge in [-0.05, 0) is 62.4 Å². The van der Waals surface area contributed by atoms with Gasteiger partial charge in [0.05, 0.1) is 12.7 Å². The molecule has 0 radical (unpaired) electrons. The van der Waals surface area contributed by atoms with Gasteiger partial charge in [-0.3, -0.25) is 0 Å². The fourth-order valence-electron chi connectivity index (χ4n) is 2.98. The van der Waals surface area contributed by atoms with Gasteiger partial charge in [-0.25, -0.2) is 0 Å². The zero-order valence-electron chi connectivity index (χ0n) is 12.4. The molecule has 1 aliphatic heterocycles. The first-order valence-electron chi connectivity index (χ1n) is 7.91. The Kier molecular flexibility index (Phi) is 4.78. The lowest BCUT2D eigenvalue weighted by Crippen LogP contribution is -2.38. The molecule has 1 unspecified atom stereocenters. The van der Waals surface area contributed by atoms with Gasteiger partial charge in [-0.1, -0.05) is 0 Å². The molecule has 1 aromatic heterocycles. The van der Waals surface area contributed by atoms with Crippen molar-refractivity contribution in [3.8, 4) is 5.75 Å². The molecule has 0 aliphatic carbocycles. The van der Waals surface area contributed by atoms with Crippen molar-refractivity contribution in [1.29, 1.82) is 0 Å². The Labute approximate surface area is 125 Å². The molecular weight excluding hydrogens is 264 g/mol. The van der Waals surface area contributed by atoms with Crippen LogP contribution >= 0.6 is 0 Å². The Hall–Kier alpha value is -1.52. The highest BCUT2D eigenvalue weighted by atomic mass is 16.5. The predicted octanol–water partition coefficient (Wildman–Crippen LogP) is 2.78. The van der Waals surface area contributed by atoms with Crippen LogP contribution in [0.5, 0.6) is 5.75 Å². The molecule has 1 aliphatic rings. The van der Waals surface area contributed by atoms with Crippen LogP contribution in [0.15, 0.2) is 30.5 Å². The third-order valence-corrected chi connectivity index (χ3v) is 4.14. The van der Waals surface area contributed by atoms with Gasteiger partial charge >= 0.3 is 0 Å². The van der Waals surface area contributed by atoms with Gasteiger partial charge in [0.15, 0.2) is 0 Å². The molecule has 0 amide bonds. The molecular formula is C17H24N2O2. The van der Waals surface area contributed by atoms with E-state index < -0.39 is 0 Å². The van der Waals surface area contributed by atoms with Crippen LogP contribution in [0.1, 0.15) is 25.7 Å². The molecule has 0 spiro atoms. The van der Waals surface area contributed by atoms with Crippen molar-refractivity contribution in [2.24, 2.45) is 0 Å². The smallest absolute Gasteiger partial charge is 0.121 e. The van der Waals surface area contributed by atoms with E-state index >= 15 is 0 Å². The zero-order chi connectivity index (χ0) is 14.5. The number of nitrogens with zero attached hydrogens (tertiary/aromatic N) is 1. The van der Waals surface area contributed by atoms with Gasteiger partial charge in [0.25, 0.3) is 0 Å². The standard InChI is InChI=1S/C17H24N2O2/c20-15-4-3-10-19(13-15)9-1-2-11-21-16-6-5-14-7-8-18-17(14)12-16/h5-8,12,15,18,20H,1-4,9-11,13H2. The Morgan fingerprint density at radius 3 is 3.14 bits per heavy atom. The van der Waals surface area contributed by atoms with Gasteiger partial charge in [0.2, 0.25) is 0 Å². The number of H-pyrrole nitrogens is 1. The van der Waals surface area contributed by atoms with Crippen molar-refractivity contribution < 1.29 is 9.84 Å². The van der Waals surface area contributed by atoms with Gasteiger partial charge in [0.1, 0.15) is 5.75 Å². The summed E-state index contributed by atoms with van der Waals surface area (Å²) in [5.74, 6) is 0.929. The van der Waals surface area contributed by atoms with E-state index in [0.29, 0.717) is 0 Å². The summed E-state index contributed by atoms with van der Waals surface area (Å²) in [7, 11) is 0. The molecule has 21 heavy (non-hydrogen) atoms. The van der Waals surface area contributed by atoms with Crippen molar-refractivity contribution in [2.45, 2.75) is 31.8 Å². The van der Waals surface area contributed by atoms with Crippen LogP contribution in [0.25, 0.3) is 10.9 Å².